The number of fused-ring (bicyclic) bond motifs is 3. The van der Waals surface area contributed by atoms with Gasteiger partial charge in [-0.2, -0.15) is 5.26 Å². The molecule has 0 aliphatic carbocycles. The lowest BCUT2D eigenvalue weighted by atomic mass is 9.72. The van der Waals surface area contributed by atoms with E-state index in [1.54, 1.807) is 30.3 Å². The fourth-order valence-corrected chi connectivity index (χ4v) is 11.2. The molecule has 3 aromatic rings. The van der Waals surface area contributed by atoms with Gasteiger partial charge in [-0.05, 0) is 92.6 Å². The maximum atomic E-state index is 13.8. The summed E-state index contributed by atoms with van der Waals surface area (Å²) in [5.74, 6) is -0.582. The summed E-state index contributed by atoms with van der Waals surface area (Å²) in [4.78, 5) is 74.7. The van der Waals surface area contributed by atoms with E-state index in [1.165, 1.54) is 0 Å². The lowest BCUT2D eigenvalue weighted by Crippen LogP contribution is -2.72. The number of benzene rings is 3. The first-order chi connectivity index (χ1) is 28.5. The maximum absolute atomic E-state index is 13.8. The number of halogens is 1. The van der Waals surface area contributed by atoms with Crippen LogP contribution in [0.5, 0.6) is 5.75 Å². The number of carbonyl (C=O) groups is 5. The normalized spacial score (nSPS) is 26.4. The van der Waals surface area contributed by atoms with Crippen LogP contribution in [0.25, 0.3) is 0 Å². The van der Waals surface area contributed by atoms with Crippen molar-refractivity contribution in [3.8, 4) is 11.8 Å². The molecule has 13 nitrogen and oxygen atoms in total. The minimum Gasteiger partial charge on any atom is -0.490 e. The summed E-state index contributed by atoms with van der Waals surface area (Å²) in [6.45, 7) is 7.08. The van der Waals surface area contributed by atoms with Gasteiger partial charge < -0.3 is 24.3 Å². The van der Waals surface area contributed by atoms with E-state index in [9.17, 15) is 29.2 Å². The third-order valence-electron chi connectivity index (χ3n) is 13.9. The van der Waals surface area contributed by atoms with E-state index in [4.69, 9.17) is 16.3 Å². The van der Waals surface area contributed by atoms with Gasteiger partial charge in [0.25, 0.3) is 17.7 Å². The summed E-state index contributed by atoms with van der Waals surface area (Å²) < 4.78 is 6.27. The Balaban J connectivity index is 0.668. The standard InChI is InChI=1S/C45H46ClN7O6/c46-38-20-34(9-3-29(38)21-47)59-35-17-32-6-7-33(18-35)52(32)42(56)28-1-4-30(5-2-28)51-25-45(26-51)23-49(24-45)22-27-13-15-50(16-14-27)31-8-10-36-37(19-31)44(58)53(43(36)57)39-11-12-40(54)48-41(39)55/h1-5,8-10,19-20,27,32-33,35,39H,6-7,11-18,22-26H2,(H,48,54,55)/t32-,33+,35+,39?. The molecular weight excluding hydrogens is 770 g/mol. The summed E-state index contributed by atoms with van der Waals surface area (Å²) in [6.07, 6.45) is 5.87. The molecule has 3 aromatic carbocycles. The first kappa shape index (κ1) is 37.8. The van der Waals surface area contributed by atoms with Gasteiger partial charge in [0.05, 0.1) is 21.7 Å². The number of amides is 5. The van der Waals surface area contributed by atoms with Crippen LogP contribution in [-0.4, -0.2) is 114 Å². The maximum Gasteiger partial charge on any atom is 0.262 e. The van der Waals surface area contributed by atoms with Crippen LogP contribution in [0.15, 0.2) is 60.7 Å². The Hall–Kier alpha value is -5.45. The average Bonchev–Trinajstić information content (AvgIpc) is 3.62. The predicted molar refractivity (Wildman–Crippen MR) is 218 cm³/mol. The third kappa shape index (κ3) is 6.80. The van der Waals surface area contributed by atoms with Crippen LogP contribution in [0.3, 0.4) is 0 Å². The van der Waals surface area contributed by atoms with E-state index in [0.717, 1.165) is 106 Å². The highest BCUT2D eigenvalue weighted by molar-refractivity contribution is 6.31. The van der Waals surface area contributed by atoms with Crippen molar-refractivity contribution in [3.05, 3.63) is 87.9 Å². The number of nitrogens with zero attached hydrogens (tertiary/aromatic N) is 6. The predicted octanol–water partition coefficient (Wildman–Crippen LogP) is 4.87. The monoisotopic (exact) mass is 815 g/mol. The number of likely N-dealkylation sites (tertiary alicyclic amines) is 1. The first-order valence-electron chi connectivity index (χ1n) is 20.9. The van der Waals surface area contributed by atoms with Gasteiger partial charge in [0.15, 0.2) is 0 Å². The highest BCUT2D eigenvalue weighted by Gasteiger charge is 2.52. The van der Waals surface area contributed by atoms with Crippen LogP contribution < -0.4 is 19.9 Å². The number of anilines is 2. The van der Waals surface area contributed by atoms with Gasteiger partial charge in [0.1, 0.15) is 24.0 Å². The molecule has 14 heteroatoms. The average molecular weight is 816 g/mol. The molecule has 7 heterocycles. The van der Waals surface area contributed by atoms with Gasteiger partial charge in [-0.3, -0.25) is 34.2 Å². The number of hydrogen-bond acceptors (Lipinski definition) is 10. The molecule has 0 radical (unpaired) electrons. The Bertz CT molecular complexity index is 2280. The minimum atomic E-state index is -0.964. The molecule has 1 spiro atoms. The van der Waals surface area contributed by atoms with Crippen molar-refractivity contribution in [3.63, 3.8) is 0 Å². The topological polar surface area (TPSA) is 147 Å². The van der Waals surface area contributed by atoms with Crippen LogP contribution in [0.1, 0.15) is 88.0 Å². The molecule has 0 saturated carbocycles. The highest BCUT2D eigenvalue weighted by Crippen LogP contribution is 2.44. The minimum absolute atomic E-state index is 0.00584. The van der Waals surface area contributed by atoms with Gasteiger partial charge in [0.2, 0.25) is 11.8 Å². The van der Waals surface area contributed by atoms with Gasteiger partial charge in [-0.15, -0.1) is 0 Å². The van der Waals surface area contributed by atoms with Crippen molar-refractivity contribution in [2.75, 3.05) is 55.6 Å². The van der Waals surface area contributed by atoms with Crippen molar-refractivity contribution >= 4 is 52.5 Å². The zero-order valence-corrected chi connectivity index (χ0v) is 33.5. The zero-order valence-electron chi connectivity index (χ0n) is 32.8. The van der Waals surface area contributed by atoms with Crippen LogP contribution in [0.4, 0.5) is 11.4 Å². The second-order valence-corrected chi connectivity index (χ2v) is 18.1. The first-order valence-corrected chi connectivity index (χ1v) is 21.3. The van der Waals surface area contributed by atoms with Gasteiger partial charge in [0, 0.05) is 106 Å². The van der Waals surface area contributed by atoms with E-state index in [2.05, 4.69) is 43.1 Å². The number of ether oxygens (including phenoxy) is 1. The van der Waals surface area contributed by atoms with Crippen molar-refractivity contribution in [2.24, 2.45) is 11.3 Å². The van der Waals surface area contributed by atoms with E-state index in [0.29, 0.717) is 38.8 Å². The van der Waals surface area contributed by atoms with E-state index in [1.807, 2.05) is 18.2 Å². The third-order valence-corrected chi connectivity index (χ3v) is 14.2. The number of nitrogens with one attached hydrogen (secondary N) is 1. The van der Waals surface area contributed by atoms with Crippen LogP contribution >= 0.6 is 11.6 Å². The van der Waals surface area contributed by atoms with E-state index < -0.39 is 23.8 Å². The molecule has 1 unspecified atom stereocenters. The van der Waals surface area contributed by atoms with Gasteiger partial charge in [-0.25, -0.2) is 0 Å². The molecule has 1 N–H and O–H groups in total. The molecule has 10 rings (SSSR count). The number of imide groups is 2. The van der Waals surface area contributed by atoms with Gasteiger partial charge in [-0.1, -0.05) is 11.6 Å². The number of carbonyl (C=O) groups excluding carboxylic acids is 5. The lowest BCUT2D eigenvalue weighted by molar-refractivity contribution is -0.136. The fraction of sp³-hybridized carbons (Fsp3) is 0.467. The van der Waals surface area contributed by atoms with E-state index in [-0.39, 0.29) is 42.8 Å². The molecule has 5 amide bonds. The Morgan fingerprint density at radius 1 is 0.814 bits per heavy atom. The molecule has 304 valence electrons. The fourth-order valence-electron chi connectivity index (χ4n) is 10.9. The SMILES string of the molecule is N#Cc1ccc(O[C@H]2C[C@H]3CC[C@@H](C2)N3C(=O)c2ccc(N3CC4(CN(CC5CCN(c6ccc7c(c6)C(=O)N(C6CCC(=O)NC6=O)C7=O)CC5)C4)C3)cc2)cc1Cl. The number of nitriles is 1. The van der Waals surface area contributed by atoms with Gasteiger partial charge >= 0.3 is 0 Å². The van der Waals surface area contributed by atoms with Crippen molar-refractivity contribution < 1.29 is 28.7 Å². The summed E-state index contributed by atoms with van der Waals surface area (Å²) >= 11 is 6.23. The Morgan fingerprint density at radius 3 is 2.19 bits per heavy atom. The van der Waals surface area contributed by atoms with Crippen molar-refractivity contribution in [2.45, 2.75) is 75.6 Å². The molecule has 0 aromatic heterocycles. The summed E-state index contributed by atoms with van der Waals surface area (Å²) in [6, 6.07) is 20.1. The van der Waals surface area contributed by atoms with Crippen molar-refractivity contribution in [1.82, 2.24) is 20.0 Å². The number of hydrogen-bond donors (Lipinski definition) is 1. The van der Waals surface area contributed by atoms with Crippen LogP contribution in [0, 0.1) is 22.7 Å². The summed E-state index contributed by atoms with van der Waals surface area (Å²) in [5, 5.41) is 11.8. The molecule has 6 fully saturated rings. The quantitative estimate of drug-likeness (QED) is 0.313. The molecule has 7 aliphatic heterocycles. The molecule has 4 atom stereocenters. The molecule has 59 heavy (non-hydrogen) atoms. The number of piperidine rings is 3. The molecule has 6 saturated heterocycles. The zero-order chi connectivity index (χ0) is 40.6. The molecular formula is C45H46ClN7O6. The smallest absolute Gasteiger partial charge is 0.262 e. The van der Waals surface area contributed by atoms with Crippen LogP contribution in [0.2, 0.25) is 5.02 Å². The Kier molecular flexibility index (Phi) is 9.40. The van der Waals surface area contributed by atoms with Crippen molar-refractivity contribution in [1.29, 1.82) is 5.26 Å². The van der Waals surface area contributed by atoms with E-state index >= 15 is 0 Å². The second-order valence-electron chi connectivity index (χ2n) is 17.7. The lowest BCUT2D eigenvalue weighted by Gasteiger charge is -2.61. The van der Waals surface area contributed by atoms with Crippen LogP contribution in [-0.2, 0) is 9.59 Å². The molecule has 7 aliphatic rings. The largest absolute Gasteiger partial charge is 0.490 e. The second kappa shape index (κ2) is 14.7. The number of rotatable bonds is 8. The Labute approximate surface area is 347 Å². The molecule has 2 bridgehead atoms. The highest BCUT2D eigenvalue weighted by atomic mass is 35.5. The summed E-state index contributed by atoms with van der Waals surface area (Å²) in [7, 11) is 0. The Morgan fingerprint density at radius 2 is 1.51 bits per heavy atom. The summed E-state index contributed by atoms with van der Waals surface area (Å²) in [5.41, 5.74) is 4.20.